The lowest BCUT2D eigenvalue weighted by Gasteiger charge is -2.07. The highest BCUT2D eigenvalue weighted by Gasteiger charge is 1.98. The van der Waals surface area contributed by atoms with Gasteiger partial charge in [0.2, 0.25) is 5.91 Å². The van der Waals surface area contributed by atoms with Gasteiger partial charge in [-0.15, -0.1) is 0 Å². The maximum atomic E-state index is 10.9. The van der Waals surface area contributed by atoms with Gasteiger partial charge in [-0.3, -0.25) is 4.79 Å². The largest absolute Gasteiger partial charge is 0.384 e. The number of hydrogen-bond acceptors (Lipinski definition) is 4. The first-order valence-electron chi connectivity index (χ1n) is 5.57. The molecule has 0 bridgehead atoms. The number of amides is 1. The van der Waals surface area contributed by atoms with E-state index in [2.05, 4.69) is 10.6 Å². The molecule has 1 amide bonds. The summed E-state index contributed by atoms with van der Waals surface area (Å²) in [4.78, 5) is 10.9. The van der Waals surface area contributed by atoms with Crippen molar-refractivity contribution in [3.63, 3.8) is 0 Å². The zero-order chi connectivity index (χ0) is 12.5. The predicted molar refractivity (Wildman–Crippen MR) is 68.2 cm³/mol. The maximum Gasteiger partial charge on any atom is 0.248 e. The van der Waals surface area contributed by atoms with Crippen LogP contribution in [0.15, 0.2) is 24.3 Å². The number of anilines is 1. The molecule has 94 valence electrons. The number of primary amides is 1. The molecule has 5 nitrogen and oxygen atoms in total. The van der Waals surface area contributed by atoms with Crippen LogP contribution in [0.25, 0.3) is 0 Å². The zero-order valence-corrected chi connectivity index (χ0v) is 10.0. The zero-order valence-electron chi connectivity index (χ0n) is 10.0. The van der Waals surface area contributed by atoms with Crippen molar-refractivity contribution in [3.8, 4) is 0 Å². The first kappa shape index (κ1) is 13.5. The fourth-order valence-corrected chi connectivity index (χ4v) is 1.35. The second-order valence-electron chi connectivity index (χ2n) is 3.61. The van der Waals surface area contributed by atoms with E-state index in [1.165, 1.54) is 0 Å². The van der Waals surface area contributed by atoms with Crippen LogP contribution in [0, 0.1) is 0 Å². The number of methoxy groups -OCH3 is 1. The second-order valence-corrected chi connectivity index (χ2v) is 3.61. The molecule has 0 heterocycles. The highest BCUT2D eigenvalue weighted by molar-refractivity contribution is 5.93. The van der Waals surface area contributed by atoms with Gasteiger partial charge in [-0.1, -0.05) is 0 Å². The Hall–Kier alpha value is -1.59. The minimum Gasteiger partial charge on any atom is -0.384 e. The summed E-state index contributed by atoms with van der Waals surface area (Å²) in [5.41, 5.74) is 6.65. The van der Waals surface area contributed by atoms with Gasteiger partial charge in [0.25, 0.3) is 0 Å². The van der Waals surface area contributed by atoms with Crippen molar-refractivity contribution in [1.82, 2.24) is 5.32 Å². The molecule has 0 aliphatic carbocycles. The molecule has 0 spiro atoms. The average molecular weight is 237 g/mol. The van der Waals surface area contributed by atoms with Crippen molar-refractivity contribution >= 4 is 11.6 Å². The molecule has 5 heteroatoms. The first-order valence-corrected chi connectivity index (χ1v) is 5.57. The third kappa shape index (κ3) is 5.33. The molecule has 1 aromatic rings. The summed E-state index contributed by atoms with van der Waals surface area (Å²) in [6, 6.07) is 7.11. The highest BCUT2D eigenvalue weighted by Crippen LogP contribution is 2.08. The second kappa shape index (κ2) is 7.65. The molecule has 0 aliphatic heterocycles. The number of carbonyl (C=O) groups is 1. The molecular weight excluding hydrogens is 218 g/mol. The van der Waals surface area contributed by atoms with E-state index in [9.17, 15) is 4.79 Å². The summed E-state index contributed by atoms with van der Waals surface area (Å²) in [6.45, 7) is 3.24. The van der Waals surface area contributed by atoms with Crippen molar-refractivity contribution in [2.45, 2.75) is 0 Å². The Bertz CT molecular complexity index is 338. The molecule has 1 aromatic carbocycles. The van der Waals surface area contributed by atoms with E-state index < -0.39 is 5.91 Å². The van der Waals surface area contributed by atoms with Crippen LogP contribution in [0.5, 0.6) is 0 Å². The lowest BCUT2D eigenvalue weighted by molar-refractivity contribution is 0.100. The monoisotopic (exact) mass is 237 g/mol. The van der Waals surface area contributed by atoms with E-state index in [1.54, 1.807) is 19.2 Å². The minimum atomic E-state index is -0.405. The molecule has 0 saturated heterocycles. The van der Waals surface area contributed by atoms with Crippen LogP contribution in [0.2, 0.25) is 0 Å². The Morgan fingerprint density at radius 2 is 1.94 bits per heavy atom. The number of benzene rings is 1. The summed E-state index contributed by atoms with van der Waals surface area (Å²) in [5.74, 6) is -0.405. The minimum absolute atomic E-state index is 0.405. The quantitative estimate of drug-likeness (QED) is 0.573. The van der Waals surface area contributed by atoms with Crippen LogP contribution in [0.4, 0.5) is 5.69 Å². The van der Waals surface area contributed by atoms with E-state index >= 15 is 0 Å². The van der Waals surface area contributed by atoms with Crippen molar-refractivity contribution in [2.24, 2.45) is 5.73 Å². The number of carbonyl (C=O) groups excluding carboxylic acids is 1. The number of rotatable bonds is 8. The summed E-state index contributed by atoms with van der Waals surface area (Å²) in [7, 11) is 1.68. The van der Waals surface area contributed by atoms with Crippen LogP contribution in [0.1, 0.15) is 10.4 Å². The molecule has 4 N–H and O–H groups in total. The van der Waals surface area contributed by atoms with E-state index in [0.29, 0.717) is 12.2 Å². The Morgan fingerprint density at radius 3 is 2.53 bits per heavy atom. The molecule has 0 fully saturated rings. The van der Waals surface area contributed by atoms with Gasteiger partial charge >= 0.3 is 0 Å². The van der Waals surface area contributed by atoms with E-state index in [1.807, 2.05) is 12.1 Å². The standard InChI is InChI=1S/C12H19N3O2/c1-17-9-8-14-6-7-15-11-4-2-10(3-5-11)12(13)16/h2-5,14-15H,6-9H2,1H3,(H2,13,16). The van der Waals surface area contributed by atoms with Crippen molar-refractivity contribution in [1.29, 1.82) is 0 Å². The topological polar surface area (TPSA) is 76.4 Å². The Morgan fingerprint density at radius 1 is 1.24 bits per heavy atom. The summed E-state index contributed by atoms with van der Waals surface area (Å²) < 4.78 is 4.92. The van der Waals surface area contributed by atoms with Gasteiger partial charge in [0.05, 0.1) is 6.61 Å². The number of ether oxygens (including phenoxy) is 1. The van der Waals surface area contributed by atoms with Crippen molar-refractivity contribution in [3.05, 3.63) is 29.8 Å². The number of hydrogen-bond donors (Lipinski definition) is 3. The lowest BCUT2D eigenvalue weighted by Crippen LogP contribution is -2.25. The third-order valence-electron chi connectivity index (χ3n) is 2.28. The van der Waals surface area contributed by atoms with Crippen LogP contribution in [-0.2, 0) is 4.74 Å². The van der Waals surface area contributed by atoms with E-state index in [0.717, 1.165) is 25.3 Å². The molecular formula is C12H19N3O2. The third-order valence-corrected chi connectivity index (χ3v) is 2.28. The highest BCUT2D eigenvalue weighted by atomic mass is 16.5. The Labute approximate surface area is 101 Å². The average Bonchev–Trinajstić information content (AvgIpc) is 2.34. The molecule has 0 aromatic heterocycles. The fraction of sp³-hybridized carbons (Fsp3) is 0.417. The summed E-state index contributed by atoms with van der Waals surface area (Å²) in [5, 5.41) is 6.46. The first-order chi connectivity index (χ1) is 8.24. The summed E-state index contributed by atoms with van der Waals surface area (Å²) in [6.07, 6.45) is 0. The van der Waals surface area contributed by atoms with Gasteiger partial charge in [0, 0.05) is 38.0 Å². The molecule has 0 atom stereocenters. The normalized spacial score (nSPS) is 10.2. The van der Waals surface area contributed by atoms with Gasteiger partial charge in [-0.25, -0.2) is 0 Å². The van der Waals surface area contributed by atoms with Gasteiger partial charge < -0.3 is 21.1 Å². The molecule has 17 heavy (non-hydrogen) atoms. The van der Waals surface area contributed by atoms with Crippen LogP contribution >= 0.6 is 0 Å². The molecule has 0 unspecified atom stereocenters. The number of nitrogens with one attached hydrogen (secondary N) is 2. The Kier molecular flexibility index (Phi) is 6.06. The molecule has 0 radical (unpaired) electrons. The van der Waals surface area contributed by atoms with E-state index in [-0.39, 0.29) is 0 Å². The molecule has 0 saturated carbocycles. The molecule has 1 rings (SSSR count). The maximum absolute atomic E-state index is 10.9. The van der Waals surface area contributed by atoms with Crippen LogP contribution in [-0.4, -0.2) is 39.3 Å². The van der Waals surface area contributed by atoms with Gasteiger partial charge in [-0.05, 0) is 24.3 Å². The van der Waals surface area contributed by atoms with Gasteiger partial charge in [0.15, 0.2) is 0 Å². The van der Waals surface area contributed by atoms with Crippen LogP contribution in [0.3, 0.4) is 0 Å². The summed E-state index contributed by atoms with van der Waals surface area (Å²) >= 11 is 0. The van der Waals surface area contributed by atoms with Crippen molar-refractivity contribution in [2.75, 3.05) is 38.7 Å². The SMILES string of the molecule is COCCNCCNc1ccc(C(N)=O)cc1. The smallest absolute Gasteiger partial charge is 0.248 e. The predicted octanol–water partition coefficient (Wildman–Crippen LogP) is 0.433. The van der Waals surface area contributed by atoms with Gasteiger partial charge in [-0.2, -0.15) is 0 Å². The number of nitrogens with two attached hydrogens (primary N) is 1. The van der Waals surface area contributed by atoms with Crippen LogP contribution < -0.4 is 16.4 Å². The van der Waals surface area contributed by atoms with Gasteiger partial charge in [0.1, 0.15) is 0 Å². The van der Waals surface area contributed by atoms with E-state index in [4.69, 9.17) is 10.5 Å². The van der Waals surface area contributed by atoms with Crippen molar-refractivity contribution < 1.29 is 9.53 Å². The lowest BCUT2D eigenvalue weighted by atomic mass is 10.2. The fourth-order valence-electron chi connectivity index (χ4n) is 1.35. The molecule has 0 aliphatic rings. The Balaban J connectivity index is 2.21.